The Bertz CT molecular complexity index is 362. The van der Waals surface area contributed by atoms with Crippen LogP contribution in [0.15, 0.2) is 16.6 Å². The number of rotatable bonds is 5. The van der Waals surface area contributed by atoms with E-state index in [2.05, 4.69) is 15.9 Å². The van der Waals surface area contributed by atoms with Crippen molar-refractivity contribution in [3.05, 3.63) is 27.4 Å². The second kappa shape index (κ2) is 6.42. The number of hydrogen-bond donors (Lipinski definition) is 1. The van der Waals surface area contributed by atoms with Crippen LogP contribution in [0.4, 0.5) is 4.39 Å². The summed E-state index contributed by atoms with van der Waals surface area (Å²) in [6.07, 6.45) is 1.71. The average molecular weight is 311 g/mol. The molecule has 16 heavy (non-hydrogen) atoms. The molecule has 0 fully saturated rings. The fraction of sp³-hybridized carbons (Fsp3) is 0.455. The fourth-order valence-corrected chi connectivity index (χ4v) is 2.05. The molecule has 0 aliphatic carbocycles. The van der Waals surface area contributed by atoms with E-state index >= 15 is 0 Å². The molecule has 0 aliphatic rings. The van der Waals surface area contributed by atoms with E-state index in [1.165, 1.54) is 12.1 Å². The summed E-state index contributed by atoms with van der Waals surface area (Å²) in [5.41, 5.74) is 5.56. The number of benzene rings is 1. The van der Waals surface area contributed by atoms with Gasteiger partial charge in [0.05, 0.1) is 9.50 Å². The highest BCUT2D eigenvalue weighted by molar-refractivity contribution is 9.10. The Morgan fingerprint density at radius 1 is 1.56 bits per heavy atom. The van der Waals surface area contributed by atoms with Gasteiger partial charge in [-0.1, -0.05) is 24.9 Å². The van der Waals surface area contributed by atoms with Crippen LogP contribution in [0, 0.1) is 5.82 Å². The first-order valence-electron chi connectivity index (χ1n) is 5.09. The van der Waals surface area contributed by atoms with E-state index in [9.17, 15) is 4.39 Å². The van der Waals surface area contributed by atoms with Crippen LogP contribution in [0.3, 0.4) is 0 Å². The van der Waals surface area contributed by atoms with E-state index in [4.69, 9.17) is 22.1 Å². The molecule has 0 bridgehead atoms. The van der Waals surface area contributed by atoms with E-state index in [0.29, 0.717) is 16.8 Å². The molecule has 1 rings (SSSR count). The van der Waals surface area contributed by atoms with Crippen molar-refractivity contribution in [3.63, 3.8) is 0 Å². The average Bonchev–Trinajstić information content (AvgIpc) is 2.25. The molecular formula is C11H14BrClFNO. The largest absolute Gasteiger partial charge is 0.488 e. The van der Waals surface area contributed by atoms with E-state index in [1.807, 2.05) is 6.92 Å². The summed E-state index contributed by atoms with van der Waals surface area (Å²) in [5, 5.41) is 0.0685. The molecule has 0 amide bonds. The summed E-state index contributed by atoms with van der Waals surface area (Å²) >= 11 is 8.91. The lowest BCUT2D eigenvalue weighted by molar-refractivity contribution is 0.196. The molecule has 90 valence electrons. The van der Waals surface area contributed by atoms with Crippen LogP contribution in [0.25, 0.3) is 0 Å². The molecule has 0 saturated heterocycles. The summed E-state index contributed by atoms with van der Waals surface area (Å²) in [6.45, 7) is 2.45. The predicted molar refractivity (Wildman–Crippen MR) is 67.5 cm³/mol. The van der Waals surface area contributed by atoms with Crippen molar-refractivity contribution in [3.8, 4) is 5.75 Å². The van der Waals surface area contributed by atoms with Crippen molar-refractivity contribution < 1.29 is 9.13 Å². The highest BCUT2D eigenvalue weighted by atomic mass is 79.9. The maximum absolute atomic E-state index is 13.2. The van der Waals surface area contributed by atoms with Gasteiger partial charge in [0.25, 0.3) is 0 Å². The highest BCUT2D eigenvalue weighted by Crippen LogP contribution is 2.31. The third-order valence-electron chi connectivity index (χ3n) is 2.14. The topological polar surface area (TPSA) is 35.2 Å². The molecule has 2 N–H and O–H groups in total. The Kier molecular flexibility index (Phi) is 5.52. The summed E-state index contributed by atoms with van der Waals surface area (Å²) in [7, 11) is 0. The Labute approximate surface area is 108 Å². The molecule has 0 saturated carbocycles. The van der Waals surface area contributed by atoms with Crippen LogP contribution in [0.1, 0.15) is 19.8 Å². The van der Waals surface area contributed by atoms with Crippen LogP contribution in [0.2, 0.25) is 5.02 Å². The van der Waals surface area contributed by atoms with Crippen LogP contribution < -0.4 is 10.5 Å². The lowest BCUT2D eigenvalue weighted by Crippen LogP contribution is -2.26. The van der Waals surface area contributed by atoms with Gasteiger partial charge in [0.1, 0.15) is 17.7 Å². The van der Waals surface area contributed by atoms with Gasteiger partial charge in [-0.3, -0.25) is 0 Å². The molecule has 1 aromatic rings. The molecule has 2 nitrogen and oxygen atoms in total. The summed E-state index contributed by atoms with van der Waals surface area (Å²) in [4.78, 5) is 0. The van der Waals surface area contributed by atoms with E-state index in [0.717, 1.165) is 12.8 Å². The zero-order valence-corrected chi connectivity index (χ0v) is 11.3. The Hall–Kier alpha value is -0.320. The van der Waals surface area contributed by atoms with E-state index in [-0.39, 0.29) is 11.1 Å². The van der Waals surface area contributed by atoms with Crippen LogP contribution in [-0.2, 0) is 0 Å². The first-order chi connectivity index (χ1) is 7.58. The zero-order chi connectivity index (χ0) is 12.1. The van der Waals surface area contributed by atoms with Crippen LogP contribution >= 0.6 is 27.5 Å². The fourth-order valence-electron chi connectivity index (χ4n) is 1.32. The lowest BCUT2D eigenvalue weighted by Gasteiger charge is -2.17. The van der Waals surface area contributed by atoms with Gasteiger partial charge in [0.2, 0.25) is 0 Å². The smallest absolute Gasteiger partial charge is 0.145 e. The first kappa shape index (κ1) is 13.7. The number of halogens is 3. The highest BCUT2D eigenvalue weighted by Gasteiger charge is 2.12. The van der Waals surface area contributed by atoms with Crippen molar-refractivity contribution >= 4 is 27.5 Å². The van der Waals surface area contributed by atoms with Crippen molar-refractivity contribution in [2.24, 2.45) is 5.73 Å². The minimum atomic E-state index is -0.493. The minimum Gasteiger partial charge on any atom is -0.488 e. The third kappa shape index (κ3) is 3.61. The normalized spacial score (nSPS) is 12.6. The second-order valence-electron chi connectivity index (χ2n) is 3.46. The summed E-state index contributed by atoms with van der Waals surface area (Å²) < 4.78 is 19.5. The van der Waals surface area contributed by atoms with Gasteiger partial charge >= 0.3 is 0 Å². The SMILES string of the molecule is CCCC(CN)Oc1cc(F)c(Cl)cc1Br. The molecule has 5 heteroatoms. The van der Waals surface area contributed by atoms with Crippen LogP contribution in [0.5, 0.6) is 5.75 Å². The van der Waals surface area contributed by atoms with Gasteiger partial charge in [-0.2, -0.15) is 0 Å². The monoisotopic (exact) mass is 309 g/mol. The standard InChI is InChI=1S/C11H14BrClFNO/c1-2-3-7(6-15)16-11-5-10(14)9(13)4-8(11)12/h4-5,7H,2-3,6,15H2,1H3. The molecule has 0 aromatic heterocycles. The maximum atomic E-state index is 13.2. The molecule has 0 aliphatic heterocycles. The molecule has 1 unspecified atom stereocenters. The quantitative estimate of drug-likeness (QED) is 0.841. The summed E-state index contributed by atoms with van der Waals surface area (Å²) in [5.74, 6) is -0.0575. The molecule has 1 aromatic carbocycles. The van der Waals surface area contributed by atoms with Gasteiger partial charge in [-0.25, -0.2) is 4.39 Å². The molecule has 0 radical (unpaired) electrons. The van der Waals surface area contributed by atoms with E-state index in [1.54, 1.807) is 0 Å². The summed E-state index contributed by atoms with van der Waals surface area (Å²) in [6, 6.07) is 2.75. The minimum absolute atomic E-state index is 0.0685. The molecule has 1 atom stereocenters. The Morgan fingerprint density at radius 3 is 2.81 bits per heavy atom. The van der Waals surface area contributed by atoms with Gasteiger partial charge < -0.3 is 10.5 Å². The number of ether oxygens (including phenoxy) is 1. The Balaban J connectivity index is 2.83. The first-order valence-corrected chi connectivity index (χ1v) is 6.26. The van der Waals surface area contributed by atoms with E-state index < -0.39 is 5.82 Å². The van der Waals surface area contributed by atoms with Crippen molar-refractivity contribution in [1.29, 1.82) is 0 Å². The Morgan fingerprint density at radius 2 is 2.25 bits per heavy atom. The van der Waals surface area contributed by atoms with Crippen molar-refractivity contribution in [2.75, 3.05) is 6.54 Å². The predicted octanol–water partition coefficient (Wildman–Crippen LogP) is 3.75. The van der Waals surface area contributed by atoms with Gasteiger partial charge in [-0.05, 0) is 28.4 Å². The van der Waals surface area contributed by atoms with Crippen molar-refractivity contribution in [2.45, 2.75) is 25.9 Å². The molecule has 0 spiro atoms. The van der Waals surface area contributed by atoms with Gasteiger partial charge in [-0.15, -0.1) is 0 Å². The van der Waals surface area contributed by atoms with Crippen molar-refractivity contribution in [1.82, 2.24) is 0 Å². The maximum Gasteiger partial charge on any atom is 0.145 e. The molecular weight excluding hydrogens is 296 g/mol. The third-order valence-corrected chi connectivity index (χ3v) is 3.05. The zero-order valence-electron chi connectivity index (χ0n) is 8.97. The second-order valence-corrected chi connectivity index (χ2v) is 4.72. The van der Waals surface area contributed by atoms with Gasteiger partial charge in [0, 0.05) is 12.6 Å². The lowest BCUT2D eigenvalue weighted by atomic mass is 10.2. The van der Waals surface area contributed by atoms with Crippen LogP contribution in [-0.4, -0.2) is 12.6 Å². The van der Waals surface area contributed by atoms with Gasteiger partial charge in [0.15, 0.2) is 0 Å². The number of nitrogens with two attached hydrogens (primary N) is 1. The number of hydrogen-bond acceptors (Lipinski definition) is 2. The molecule has 0 heterocycles.